The molecule has 4 rings (SSSR count). The van der Waals surface area contributed by atoms with Crippen molar-refractivity contribution >= 4 is 33.0 Å². The van der Waals surface area contributed by atoms with Crippen LogP contribution in [0, 0.1) is 13.8 Å². The first-order chi connectivity index (χ1) is 16.2. The zero-order valence-electron chi connectivity index (χ0n) is 19.5. The summed E-state index contributed by atoms with van der Waals surface area (Å²) in [6.07, 6.45) is 4.03. The van der Waals surface area contributed by atoms with Gasteiger partial charge in [0, 0.05) is 25.7 Å². The third-order valence-corrected chi connectivity index (χ3v) is 7.67. The second kappa shape index (κ2) is 9.51. The average Bonchev–Trinajstić information content (AvgIpc) is 2.97. The molecule has 0 unspecified atom stereocenters. The number of nitrogens with zero attached hydrogens (tertiary/aromatic N) is 4. The summed E-state index contributed by atoms with van der Waals surface area (Å²) in [4.78, 5) is 34.6. The van der Waals surface area contributed by atoms with E-state index in [4.69, 9.17) is 0 Å². The normalized spacial score (nSPS) is 14.0. The van der Waals surface area contributed by atoms with E-state index in [0.29, 0.717) is 22.4 Å². The Morgan fingerprint density at radius 1 is 1.06 bits per heavy atom. The summed E-state index contributed by atoms with van der Waals surface area (Å²) >= 11 is 0. The number of rotatable bonds is 5. The molecule has 3 aromatic rings. The van der Waals surface area contributed by atoms with Gasteiger partial charge in [-0.15, -0.1) is 0 Å². The van der Waals surface area contributed by atoms with E-state index in [2.05, 4.69) is 25.4 Å². The van der Waals surface area contributed by atoms with E-state index in [1.165, 1.54) is 19.2 Å². The molecule has 11 heteroatoms. The molecule has 0 saturated heterocycles. The van der Waals surface area contributed by atoms with Crippen LogP contribution in [0.1, 0.15) is 46.7 Å². The van der Waals surface area contributed by atoms with E-state index in [1.807, 2.05) is 6.92 Å². The van der Waals surface area contributed by atoms with Crippen molar-refractivity contribution in [2.24, 2.45) is 0 Å². The lowest BCUT2D eigenvalue weighted by Gasteiger charge is -2.17. The largest absolute Gasteiger partial charge is 0.313 e. The Labute approximate surface area is 198 Å². The number of carbonyl (C=O) groups excluding carboxylic acids is 2. The Hall–Kier alpha value is -3.31. The number of aryl methyl sites for hydroxylation is 4. The maximum Gasteiger partial charge on any atom is 0.272 e. The predicted molar refractivity (Wildman–Crippen MR) is 126 cm³/mol. The molecule has 0 aliphatic carbocycles. The number of hydrazine groups is 1. The summed E-state index contributed by atoms with van der Waals surface area (Å²) in [5, 5.41) is 0. The van der Waals surface area contributed by atoms with Crippen molar-refractivity contribution in [3.63, 3.8) is 0 Å². The number of hydrogen-bond acceptors (Lipinski definition) is 6. The third kappa shape index (κ3) is 4.80. The molecule has 1 aliphatic heterocycles. The molecule has 2 amide bonds. The van der Waals surface area contributed by atoms with Gasteiger partial charge < -0.3 is 4.57 Å². The molecule has 3 heterocycles. The lowest BCUT2D eigenvalue weighted by molar-refractivity contribution is -0.121. The van der Waals surface area contributed by atoms with Gasteiger partial charge in [0.2, 0.25) is 10.0 Å². The fourth-order valence-corrected chi connectivity index (χ4v) is 5.13. The van der Waals surface area contributed by atoms with Crippen LogP contribution < -0.4 is 10.9 Å². The fourth-order valence-electron chi connectivity index (χ4n) is 4.00. The van der Waals surface area contributed by atoms with Crippen molar-refractivity contribution in [2.75, 3.05) is 13.6 Å². The van der Waals surface area contributed by atoms with Gasteiger partial charge in [0.15, 0.2) is 5.65 Å². The molecule has 0 radical (unpaired) electrons. The van der Waals surface area contributed by atoms with Crippen LogP contribution in [0.3, 0.4) is 0 Å². The molecule has 34 heavy (non-hydrogen) atoms. The first-order valence-corrected chi connectivity index (χ1v) is 12.6. The van der Waals surface area contributed by atoms with E-state index in [-0.39, 0.29) is 4.90 Å². The molecule has 1 aromatic carbocycles. The van der Waals surface area contributed by atoms with Crippen molar-refractivity contribution in [1.82, 2.24) is 29.7 Å². The molecule has 0 atom stereocenters. The third-order valence-electron chi connectivity index (χ3n) is 5.85. The summed E-state index contributed by atoms with van der Waals surface area (Å²) in [6.45, 7) is 4.01. The second-order valence-corrected chi connectivity index (χ2v) is 10.6. The molecule has 0 saturated carbocycles. The Kier molecular flexibility index (Phi) is 6.67. The minimum Gasteiger partial charge on any atom is -0.313 e. The number of aromatic nitrogens is 3. The van der Waals surface area contributed by atoms with Crippen LogP contribution in [0.15, 0.2) is 35.2 Å². The van der Waals surface area contributed by atoms with Crippen LogP contribution in [0.5, 0.6) is 0 Å². The van der Waals surface area contributed by atoms with Crippen molar-refractivity contribution in [1.29, 1.82) is 0 Å². The Balaban J connectivity index is 1.45. The second-order valence-electron chi connectivity index (χ2n) is 8.55. The van der Waals surface area contributed by atoms with E-state index in [9.17, 15) is 18.0 Å². The van der Waals surface area contributed by atoms with Gasteiger partial charge in [0.25, 0.3) is 11.8 Å². The molecule has 0 bridgehead atoms. The maximum absolute atomic E-state index is 12.9. The maximum atomic E-state index is 12.9. The van der Waals surface area contributed by atoms with Crippen LogP contribution in [-0.2, 0) is 27.8 Å². The quantitative estimate of drug-likeness (QED) is 0.533. The summed E-state index contributed by atoms with van der Waals surface area (Å²) in [5.74, 6) is -0.304. The summed E-state index contributed by atoms with van der Waals surface area (Å²) < 4.78 is 28.4. The zero-order valence-corrected chi connectivity index (χ0v) is 20.3. The fraction of sp³-hybridized carbons (Fsp3) is 0.391. The molecular formula is C23H28N6O4S. The molecule has 0 fully saturated rings. The highest BCUT2D eigenvalue weighted by Crippen LogP contribution is 2.24. The topological polar surface area (TPSA) is 126 Å². The number of nitrogens with one attached hydrogen (secondary N) is 2. The Bertz CT molecular complexity index is 1350. The number of pyridine rings is 1. The molecule has 180 valence electrons. The van der Waals surface area contributed by atoms with Gasteiger partial charge in [-0.05, 0) is 44.9 Å². The van der Waals surface area contributed by atoms with Crippen LogP contribution in [0.25, 0.3) is 11.2 Å². The van der Waals surface area contributed by atoms with Crippen molar-refractivity contribution in [2.45, 2.75) is 51.0 Å². The zero-order chi connectivity index (χ0) is 24.5. The number of likely N-dealkylation sites (N-methyl/N-ethyl adjacent to an activating group) is 1. The summed E-state index contributed by atoms with van der Waals surface area (Å²) in [6, 6.07) is 7.99. The summed E-state index contributed by atoms with van der Waals surface area (Å²) in [7, 11) is -2.53. The summed E-state index contributed by atoms with van der Waals surface area (Å²) in [5.41, 5.74) is 7.74. The number of carbonyl (C=O) groups is 2. The smallest absolute Gasteiger partial charge is 0.272 e. The van der Waals surface area contributed by atoms with E-state index < -0.39 is 28.4 Å². The SMILES string of the molecule is Cc1ccc(S(=O)(=O)N(C)CC(=O)NNC(=O)c2cc(C)nc3c2nc2n3CCCCC2)cc1. The van der Waals surface area contributed by atoms with E-state index in [0.717, 1.165) is 47.9 Å². The number of amides is 2. The minimum absolute atomic E-state index is 0.0895. The van der Waals surface area contributed by atoms with Gasteiger partial charge >= 0.3 is 0 Å². The molecular weight excluding hydrogens is 456 g/mol. The molecule has 10 nitrogen and oxygen atoms in total. The Morgan fingerprint density at radius 2 is 1.79 bits per heavy atom. The van der Waals surface area contributed by atoms with Crippen molar-refractivity contribution in [3.8, 4) is 0 Å². The standard InChI is InChI=1S/C23H28N6O4S/c1-15-8-10-17(11-9-15)34(32,33)28(3)14-20(30)26-27-23(31)18-13-16(2)24-22-21(18)25-19-7-5-4-6-12-29(19)22/h8-11,13H,4-7,12,14H2,1-3H3,(H,26,30)(H,27,31). The lowest BCUT2D eigenvalue weighted by Crippen LogP contribution is -2.46. The number of sulfonamides is 1. The van der Waals surface area contributed by atoms with Gasteiger partial charge in [0.1, 0.15) is 11.3 Å². The number of benzene rings is 1. The number of imidazole rings is 1. The van der Waals surface area contributed by atoms with E-state index >= 15 is 0 Å². The molecule has 1 aliphatic rings. The number of fused-ring (bicyclic) bond motifs is 3. The van der Waals surface area contributed by atoms with Gasteiger partial charge in [0.05, 0.1) is 17.0 Å². The first-order valence-electron chi connectivity index (χ1n) is 11.2. The van der Waals surface area contributed by atoms with Gasteiger partial charge in [-0.1, -0.05) is 24.1 Å². The average molecular weight is 485 g/mol. The lowest BCUT2D eigenvalue weighted by atomic mass is 10.2. The van der Waals surface area contributed by atoms with Gasteiger partial charge in [-0.2, -0.15) is 4.31 Å². The highest BCUT2D eigenvalue weighted by Gasteiger charge is 2.24. The minimum atomic E-state index is -3.84. The highest BCUT2D eigenvalue weighted by atomic mass is 32.2. The predicted octanol–water partition coefficient (Wildman–Crippen LogP) is 1.86. The van der Waals surface area contributed by atoms with Crippen LogP contribution in [0.2, 0.25) is 0 Å². The van der Waals surface area contributed by atoms with Gasteiger partial charge in [-0.3, -0.25) is 20.4 Å². The molecule has 2 N–H and O–H groups in total. The monoisotopic (exact) mass is 484 g/mol. The molecule has 2 aromatic heterocycles. The van der Waals surface area contributed by atoms with Crippen LogP contribution in [-0.4, -0.2) is 52.7 Å². The van der Waals surface area contributed by atoms with Crippen molar-refractivity contribution < 1.29 is 18.0 Å². The van der Waals surface area contributed by atoms with Crippen molar-refractivity contribution in [3.05, 3.63) is 53.0 Å². The van der Waals surface area contributed by atoms with Gasteiger partial charge in [-0.25, -0.2) is 18.4 Å². The first kappa shape index (κ1) is 23.8. The number of hydrogen-bond donors (Lipinski definition) is 2. The highest BCUT2D eigenvalue weighted by molar-refractivity contribution is 7.89. The van der Waals surface area contributed by atoms with E-state index in [1.54, 1.807) is 25.1 Å². The Morgan fingerprint density at radius 3 is 2.53 bits per heavy atom. The van der Waals surface area contributed by atoms with Crippen LogP contribution >= 0.6 is 0 Å². The molecule has 0 spiro atoms. The van der Waals surface area contributed by atoms with Crippen LogP contribution in [0.4, 0.5) is 0 Å².